The summed E-state index contributed by atoms with van der Waals surface area (Å²) in [6, 6.07) is 0.687. The van der Waals surface area contributed by atoms with Gasteiger partial charge in [-0.1, -0.05) is 31.3 Å². The van der Waals surface area contributed by atoms with Crippen LogP contribution in [0.2, 0.25) is 0 Å². The van der Waals surface area contributed by atoms with Crippen LogP contribution in [0, 0.1) is 5.92 Å². The number of aromatic nitrogens is 2. The number of hydrogen-bond donors (Lipinski definition) is 1. The fourth-order valence-corrected chi connectivity index (χ4v) is 4.68. The molecule has 0 radical (unpaired) electrons. The van der Waals surface area contributed by atoms with Crippen LogP contribution in [-0.2, 0) is 13.0 Å². The standard InChI is InChI=1S/C22H39N5O2/c1-4-5-10-20-24-21(29-25-20)16-26-14-11-18(12-15-26)19-9-7-6-8-13-27(19)22(28)23-17(2)3/h17-19H,4-16H2,1-3H3,(H,23,28)/t19-/m0/s1. The minimum atomic E-state index is 0.125. The van der Waals surface area contributed by atoms with Gasteiger partial charge in [-0.15, -0.1) is 0 Å². The number of urea groups is 1. The first-order valence-corrected chi connectivity index (χ1v) is 11.7. The maximum Gasteiger partial charge on any atom is 0.317 e. The van der Waals surface area contributed by atoms with Crippen LogP contribution in [0.1, 0.15) is 83.9 Å². The van der Waals surface area contributed by atoms with E-state index in [1.54, 1.807) is 0 Å². The third-order valence-corrected chi connectivity index (χ3v) is 6.27. The summed E-state index contributed by atoms with van der Waals surface area (Å²) in [6.07, 6.45) is 10.1. The molecular formula is C22H39N5O2. The van der Waals surface area contributed by atoms with Gasteiger partial charge in [0.15, 0.2) is 5.82 Å². The highest BCUT2D eigenvalue weighted by Crippen LogP contribution is 2.30. The lowest BCUT2D eigenvalue weighted by Crippen LogP contribution is -2.52. The van der Waals surface area contributed by atoms with Crippen molar-refractivity contribution in [1.82, 2.24) is 25.3 Å². The molecule has 0 aliphatic carbocycles. The van der Waals surface area contributed by atoms with Gasteiger partial charge in [-0.3, -0.25) is 4.90 Å². The van der Waals surface area contributed by atoms with Crippen molar-refractivity contribution < 1.29 is 9.32 Å². The molecule has 2 aliphatic rings. The highest BCUT2D eigenvalue weighted by atomic mass is 16.5. The summed E-state index contributed by atoms with van der Waals surface area (Å²) in [7, 11) is 0. The Morgan fingerprint density at radius 1 is 1.17 bits per heavy atom. The van der Waals surface area contributed by atoms with Crippen molar-refractivity contribution in [2.24, 2.45) is 5.92 Å². The lowest BCUT2D eigenvalue weighted by Gasteiger charge is -2.40. The Bertz CT molecular complexity index is 624. The summed E-state index contributed by atoms with van der Waals surface area (Å²) in [5, 5.41) is 7.22. The fraction of sp³-hybridized carbons (Fsp3) is 0.864. The maximum absolute atomic E-state index is 12.8. The van der Waals surface area contributed by atoms with E-state index in [9.17, 15) is 4.79 Å². The molecule has 2 saturated heterocycles. The molecule has 1 aromatic rings. The van der Waals surface area contributed by atoms with Gasteiger partial charge in [0.25, 0.3) is 0 Å². The predicted octanol–water partition coefficient (Wildman–Crippen LogP) is 3.99. The Kier molecular flexibility index (Phi) is 8.33. The summed E-state index contributed by atoms with van der Waals surface area (Å²) >= 11 is 0. The molecule has 1 N–H and O–H groups in total. The van der Waals surface area contributed by atoms with Crippen LogP contribution in [0.25, 0.3) is 0 Å². The Hall–Kier alpha value is -1.63. The van der Waals surface area contributed by atoms with Crippen molar-refractivity contribution in [3.8, 4) is 0 Å². The van der Waals surface area contributed by atoms with Crippen molar-refractivity contribution in [1.29, 1.82) is 0 Å². The van der Waals surface area contributed by atoms with Crippen molar-refractivity contribution in [2.75, 3.05) is 19.6 Å². The largest absolute Gasteiger partial charge is 0.338 e. The van der Waals surface area contributed by atoms with E-state index < -0.39 is 0 Å². The normalized spacial score (nSPS) is 22.1. The molecule has 164 valence electrons. The molecule has 2 fully saturated rings. The zero-order valence-corrected chi connectivity index (χ0v) is 18.5. The van der Waals surface area contributed by atoms with Gasteiger partial charge < -0.3 is 14.7 Å². The number of rotatable bonds is 7. The highest BCUT2D eigenvalue weighted by molar-refractivity contribution is 5.74. The van der Waals surface area contributed by atoms with E-state index in [-0.39, 0.29) is 12.1 Å². The third kappa shape index (κ3) is 6.43. The number of carbonyl (C=O) groups is 1. The zero-order chi connectivity index (χ0) is 20.6. The van der Waals surface area contributed by atoms with Crippen LogP contribution in [0.5, 0.6) is 0 Å². The average molecular weight is 406 g/mol. The molecule has 0 spiro atoms. The van der Waals surface area contributed by atoms with E-state index in [4.69, 9.17) is 4.52 Å². The van der Waals surface area contributed by atoms with Crippen molar-refractivity contribution in [3.63, 3.8) is 0 Å². The molecule has 3 rings (SSSR count). The van der Waals surface area contributed by atoms with Gasteiger partial charge in [0.2, 0.25) is 5.89 Å². The number of carbonyl (C=O) groups excluding carboxylic acids is 1. The van der Waals surface area contributed by atoms with Crippen molar-refractivity contribution in [3.05, 3.63) is 11.7 Å². The number of unbranched alkanes of at least 4 members (excludes halogenated alkanes) is 1. The Morgan fingerprint density at radius 3 is 2.69 bits per heavy atom. The fourth-order valence-electron chi connectivity index (χ4n) is 4.68. The van der Waals surface area contributed by atoms with Crippen LogP contribution in [0.15, 0.2) is 4.52 Å². The summed E-state index contributed by atoms with van der Waals surface area (Å²) < 4.78 is 5.45. The molecule has 3 heterocycles. The number of aryl methyl sites for hydroxylation is 1. The molecule has 2 amide bonds. The molecular weight excluding hydrogens is 366 g/mol. The van der Waals surface area contributed by atoms with Gasteiger partial charge in [-0.2, -0.15) is 4.98 Å². The number of amides is 2. The second kappa shape index (κ2) is 11.0. The maximum atomic E-state index is 12.8. The number of hydrogen-bond acceptors (Lipinski definition) is 5. The molecule has 2 aliphatic heterocycles. The first kappa shape index (κ1) is 22.1. The van der Waals surface area contributed by atoms with Gasteiger partial charge in [-0.05, 0) is 65.0 Å². The summed E-state index contributed by atoms with van der Waals surface area (Å²) in [5.41, 5.74) is 0. The second-order valence-electron chi connectivity index (χ2n) is 9.04. The molecule has 7 heteroatoms. The van der Waals surface area contributed by atoms with Crippen LogP contribution in [-0.4, -0.2) is 57.7 Å². The first-order chi connectivity index (χ1) is 14.1. The summed E-state index contributed by atoms with van der Waals surface area (Å²) in [5.74, 6) is 2.16. The third-order valence-electron chi connectivity index (χ3n) is 6.27. The van der Waals surface area contributed by atoms with E-state index in [0.717, 1.165) is 82.8 Å². The Balaban J connectivity index is 1.52. The number of likely N-dealkylation sites (tertiary alicyclic amines) is 2. The number of piperidine rings is 1. The smallest absolute Gasteiger partial charge is 0.317 e. The molecule has 0 saturated carbocycles. The van der Waals surface area contributed by atoms with Gasteiger partial charge >= 0.3 is 6.03 Å². The van der Waals surface area contributed by atoms with Crippen molar-refractivity contribution >= 4 is 6.03 Å². The minimum Gasteiger partial charge on any atom is -0.338 e. The molecule has 0 aromatic carbocycles. The highest BCUT2D eigenvalue weighted by Gasteiger charge is 2.34. The molecule has 0 bridgehead atoms. The predicted molar refractivity (Wildman–Crippen MR) is 114 cm³/mol. The van der Waals surface area contributed by atoms with Gasteiger partial charge in [-0.25, -0.2) is 4.79 Å². The average Bonchev–Trinajstić information content (AvgIpc) is 2.99. The van der Waals surface area contributed by atoms with E-state index in [1.165, 1.54) is 12.8 Å². The van der Waals surface area contributed by atoms with Gasteiger partial charge in [0.1, 0.15) is 0 Å². The van der Waals surface area contributed by atoms with E-state index in [1.807, 2.05) is 13.8 Å². The molecule has 29 heavy (non-hydrogen) atoms. The minimum absolute atomic E-state index is 0.125. The lowest BCUT2D eigenvalue weighted by atomic mass is 9.86. The van der Waals surface area contributed by atoms with E-state index >= 15 is 0 Å². The molecule has 7 nitrogen and oxygen atoms in total. The van der Waals surface area contributed by atoms with Crippen LogP contribution >= 0.6 is 0 Å². The Labute approximate surface area is 175 Å². The molecule has 1 atom stereocenters. The SMILES string of the molecule is CCCCc1noc(CN2CCC([C@@H]3CCCCCN3C(=O)NC(C)C)CC2)n1. The van der Waals surface area contributed by atoms with Gasteiger partial charge in [0.05, 0.1) is 6.54 Å². The number of nitrogens with one attached hydrogen (secondary N) is 1. The topological polar surface area (TPSA) is 74.5 Å². The first-order valence-electron chi connectivity index (χ1n) is 11.7. The van der Waals surface area contributed by atoms with Crippen molar-refractivity contribution in [2.45, 2.75) is 97.2 Å². The van der Waals surface area contributed by atoms with Gasteiger partial charge in [0, 0.05) is 25.0 Å². The zero-order valence-electron chi connectivity index (χ0n) is 18.5. The van der Waals surface area contributed by atoms with Crippen LogP contribution in [0.4, 0.5) is 4.79 Å². The van der Waals surface area contributed by atoms with Crippen LogP contribution < -0.4 is 5.32 Å². The second-order valence-corrected chi connectivity index (χ2v) is 9.04. The lowest BCUT2D eigenvalue weighted by molar-refractivity contribution is 0.0927. The quantitative estimate of drug-likeness (QED) is 0.742. The molecule has 1 aromatic heterocycles. The Morgan fingerprint density at radius 2 is 1.97 bits per heavy atom. The number of nitrogens with zero attached hydrogens (tertiary/aromatic N) is 4. The van der Waals surface area contributed by atoms with E-state index in [2.05, 4.69) is 32.2 Å². The summed E-state index contributed by atoms with van der Waals surface area (Å²) in [4.78, 5) is 21.9. The summed E-state index contributed by atoms with van der Waals surface area (Å²) in [6.45, 7) is 9.96. The molecule has 0 unspecified atom stereocenters. The van der Waals surface area contributed by atoms with Crippen LogP contribution in [0.3, 0.4) is 0 Å². The van der Waals surface area contributed by atoms with E-state index in [0.29, 0.717) is 12.0 Å². The monoisotopic (exact) mass is 405 g/mol.